The highest BCUT2D eigenvalue weighted by atomic mass is 19.4. The van der Waals surface area contributed by atoms with Gasteiger partial charge in [0, 0.05) is 11.1 Å². The van der Waals surface area contributed by atoms with Crippen LogP contribution in [-0.2, 0) is 5.92 Å². The number of phenols is 1. The van der Waals surface area contributed by atoms with Crippen LogP contribution in [0.5, 0.6) is 5.75 Å². The minimum Gasteiger partial charge on any atom is -0.507 e. The fourth-order valence-corrected chi connectivity index (χ4v) is 2.92. The molecule has 0 amide bonds. The molecule has 2 aromatic rings. The van der Waals surface area contributed by atoms with Crippen LogP contribution < -0.4 is 0 Å². The fraction of sp³-hybridized carbons (Fsp3) is 0.400. The number of aromatic hydroxyl groups is 1. The quantitative estimate of drug-likeness (QED) is 0.307. The summed E-state index contributed by atoms with van der Waals surface area (Å²) in [7, 11) is 0. The summed E-state index contributed by atoms with van der Waals surface area (Å²) in [6.07, 6.45) is -7.80. The topological polar surface area (TPSA) is 20.2 Å². The Kier molecular flexibility index (Phi) is 7.23. The number of phenolic OH excluding ortho intramolecular Hbond substituents is 1. The minimum atomic E-state index is -8.67. The Bertz CT molecular complexity index is 1150. The van der Waals surface area contributed by atoms with Gasteiger partial charge in [-0.15, -0.1) is 0 Å². The third-order valence-electron chi connectivity index (χ3n) is 5.18. The van der Waals surface area contributed by atoms with E-state index in [1.807, 2.05) is 0 Å². The van der Waals surface area contributed by atoms with E-state index < -0.39 is 58.9 Å². The Morgan fingerprint density at radius 3 is 1.18 bits per heavy atom. The molecule has 0 spiro atoms. The van der Waals surface area contributed by atoms with Crippen LogP contribution in [0, 0.1) is 0 Å². The standard InChI is InChI=1S/C20H9F17O/c21-13(22,10-7-5-9(6-8-10)11-3-1-2-4-12(11)38)14(23,24)15(25,26)16(27,28)17(29,30)18(31,32)19(33,34)20(35,36)37/h1-8,38H. The number of hydrogen-bond acceptors (Lipinski definition) is 1. The Balaban J connectivity index is 2.60. The van der Waals surface area contributed by atoms with E-state index in [2.05, 4.69) is 0 Å². The predicted octanol–water partition coefficient (Wildman–Crippen LogP) is 8.53. The molecule has 2 aromatic carbocycles. The van der Waals surface area contributed by atoms with Crippen molar-refractivity contribution in [3.05, 3.63) is 54.1 Å². The largest absolute Gasteiger partial charge is 0.507 e. The summed E-state index contributed by atoms with van der Waals surface area (Å²) in [6.45, 7) is 0. The van der Waals surface area contributed by atoms with Gasteiger partial charge in [-0.3, -0.25) is 0 Å². The number of benzene rings is 2. The van der Waals surface area contributed by atoms with Gasteiger partial charge in [0.15, 0.2) is 0 Å². The molecule has 2 rings (SSSR count). The van der Waals surface area contributed by atoms with Crippen molar-refractivity contribution in [3.63, 3.8) is 0 Å². The van der Waals surface area contributed by atoms with Crippen molar-refractivity contribution in [2.45, 2.75) is 47.6 Å². The van der Waals surface area contributed by atoms with Crippen LogP contribution in [-0.4, -0.2) is 46.8 Å². The second-order valence-electron chi connectivity index (χ2n) is 7.61. The lowest BCUT2D eigenvalue weighted by Crippen LogP contribution is -2.74. The average molecular weight is 588 g/mol. The molecule has 0 unspecified atom stereocenters. The van der Waals surface area contributed by atoms with E-state index in [1.54, 1.807) is 0 Å². The third-order valence-corrected chi connectivity index (χ3v) is 5.18. The number of halogens is 17. The summed E-state index contributed by atoms with van der Waals surface area (Å²) >= 11 is 0. The first-order chi connectivity index (χ1) is 16.7. The Hall–Kier alpha value is -2.95. The SMILES string of the molecule is Oc1ccccc1-c1ccc(C(F)(F)C(F)(F)C(F)(F)C(F)(F)C(F)(F)C(F)(F)C(F)(F)C(F)(F)F)cc1. The van der Waals surface area contributed by atoms with Gasteiger partial charge in [0.05, 0.1) is 0 Å². The molecule has 0 saturated heterocycles. The predicted molar refractivity (Wildman–Crippen MR) is 93.2 cm³/mol. The fourth-order valence-electron chi connectivity index (χ4n) is 2.92. The Labute approximate surface area is 199 Å². The summed E-state index contributed by atoms with van der Waals surface area (Å²) in [5, 5.41) is 9.66. The van der Waals surface area contributed by atoms with Gasteiger partial charge in [0.25, 0.3) is 0 Å². The van der Waals surface area contributed by atoms with Gasteiger partial charge >= 0.3 is 47.6 Å². The first kappa shape index (κ1) is 31.3. The molecule has 38 heavy (non-hydrogen) atoms. The van der Waals surface area contributed by atoms with Crippen molar-refractivity contribution in [3.8, 4) is 16.9 Å². The highest BCUT2D eigenvalue weighted by Crippen LogP contribution is 2.65. The van der Waals surface area contributed by atoms with Gasteiger partial charge in [-0.1, -0.05) is 42.5 Å². The van der Waals surface area contributed by atoms with Gasteiger partial charge < -0.3 is 5.11 Å². The smallest absolute Gasteiger partial charge is 0.460 e. The van der Waals surface area contributed by atoms with Crippen LogP contribution in [0.3, 0.4) is 0 Å². The molecule has 0 aliphatic heterocycles. The monoisotopic (exact) mass is 588 g/mol. The molecular weight excluding hydrogens is 579 g/mol. The number of para-hydroxylation sites is 1. The summed E-state index contributed by atoms with van der Waals surface area (Å²) in [5.41, 5.74) is -2.77. The normalized spacial score (nSPS) is 15.1. The molecule has 0 aliphatic carbocycles. The van der Waals surface area contributed by atoms with E-state index in [0.29, 0.717) is 12.1 Å². The first-order valence-electron chi connectivity index (χ1n) is 9.34. The molecule has 0 fully saturated rings. The Morgan fingerprint density at radius 2 is 0.789 bits per heavy atom. The van der Waals surface area contributed by atoms with Gasteiger partial charge in [0.1, 0.15) is 5.75 Å². The van der Waals surface area contributed by atoms with Crippen LogP contribution in [0.25, 0.3) is 11.1 Å². The molecule has 0 bridgehead atoms. The molecule has 214 valence electrons. The summed E-state index contributed by atoms with van der Waals surface area (Å²) < 4.78 is 228. The van der Waals surface area contributed by atoms with Crippen LogP contribution >= 0.6 is 0 Å². The number of hydrogen-bond donors (Lipinski definition) is 1. The van der Waals surface area contributed by atoms with Crippen molar-refractivity contribution in [1.29, 1.82) is 0 Å². The maximum Gasteiger partial charge on any atom is 0.460 e. The molecule has 18 heteroatoms. The average Bonchev–Trinajstić information content (AvgIpc) is 2.78. The van der Waals surface area contributed by atoms with Gasteiger partial charge in [-0.25, -0.2) is 0 Å². The van der Waals surface area contributed by atoms with Crippen molar-refractivity contribution in [2.24, 2.45) is 0 Å². The Morgan fingerprint density at radius 1 is 0.421 bits per heavy atom. The molecule has 0 atom stereocenters. The van der Waals surface area contributed by atoms with Crippen molar-refractivity contribution in [2.75, 3.05) is 0 Å². The molecule has 0 aromatic heterocycles. The van der Waals surface area contributed by atoms with E-state index >= 15 is 0 Å². The highest BCUT2D eigenvalue weighted by molar-refractivity contribution is 5.70. The van der Waals surface area contributed by atoms with E-state index in [4.69, 9.17) is 0 Å². The zero-order valence-corrected chi connectivity index (χ0v) is 17.5. The van der Waals surface area contributed by atoms with Crippen LogP contribution in [0.4, 0.5) is 74.6 Å². The van der Waals surface area contributed by atoms with Crippen LogP contribution in [0.2, 0.25) is 0 Å². The van der Waals surface area contributed by atoms with E-state index in [1.165, 1.54) is 12.1 Å². The number of rotatable bonds is 8. The molecule has 0 radical (unpaired) electrons. The van der Waals surface area contributed by atoms with Gasteiger partial charge in [-0.05, 0) is 11.6 Å². The van der Waals surface area contributed by atoms with Crippen molar-refractivity contribution < 1.29 is 79.7 Å². The lowest BCUT2D eigenvalue weighted by molar-refractivity contribution is -0.462. The maximum atomic E-state index is 14.3. The second kappa shape index (κ2) is 8.79. The van der Waals surface area contributed by atoms with Crippen molar-refractivity contribution in [1.82, 2.24) is 0 Å². The van der Waals surface area contributed by atoms with Crippen LogP contribution in [0.1, 0.15) is 5.56 Å². The second-order valence-corrected chi connectivity index (χ2v) is 7.61. The first-order valence-corrected chi connectivity index (χ1v) is 9.34. The minimum absolute atomic E-state index is 0.144. The summed E-state index contributed by atoms with van der Waals surface area (Å²) in [6, 6.07) is 5.29. The zero-order chi connectivity index (χ0) is 30.0. The lowest BCUT2D eigenvalue weighted by atomic mass is 9.87. The summed E-state index contributed by atoms with van der Waals surface area (Å²) in [5.74, 6) is -57.4. The van der Waals surface area contributed by atoms with E-state index in [-0.39, 0.29) is 23.3 Å². The van der Waals surface area contributed by atoms with Crippen LogP contribution in [0.15, 0.2) is 48.5 Å². The molecule has 1 nitrogen and oxygen atoms in total. The third kappa shape index (κ3) is 4.10. The zero-order valence-electron chi connectivity index (χ0n) is 17.5. The molecule has 0 heterocycles. The molecule has 1 N–H and O–H groups in total. The summed E-state index contributed by atoms with van der Waals surface area (Å²) in [4.78, 5) is 0. The number of alkyl halides is 17. The molecule has 0 aliphatic rings. The lowest BCUT2D eigenvalue weighted by Gasteiger charge is -2.42. The molecular formula is C20H9F17O. The maximum absolute atomic E-state index is 14.3. The van der Waals surface area contributed by atoms with Crippen molar-refractivity contribution >= 4 is 0 Å². The van der Waals surface area contributed by atoms with E-state index in [0.717, 1.165) is 12.1 Å². The molecule has 0 saturated carbocycles. The highest BCUT2D eigenvalue weighted by Gasteiger charge is 2.95. The van der Waals surface area contributed by atoms with Gasteiger partial charge in [-0.2, -0.15) is 74.6 Å². The van der Waals surface area contributed by atoms with Gasteiger partial charge in [0.2, 0.25) is 0 Å². The van der Waals surface area contributed by atoms with E-state index in [9.17, 15) is 79.7 Å².